The first-order valence-corrected chi connectivity index (χ1v) is 6.74. The summed E-state index contributed by atoms with van der Waals surface area (Å²) in [5.41, 5.74) is 6.52. The van der Waals surface area contributed by atoms with E-state index in [1.54, 1.807) is 7.11 Å². The maximum atomic E-state index is 12.0. The van der Waals surface area contributed by atoms with Gasteiger partial charge in [0.15, 0.2) is 0 Å². The van der Waals surface area contributed by atoms with Gasteiger partial charge in [-0.15, -0.1) is 0 Å². The molecular weight excluding hydrogens is 240 g/mol. The summed E-state index contributed by atoms with van der Waals surface area (Å²) in [6.45, 7) is 2.44. The van der Waals surface area contributed by atoms with Crippen molar-refractivity contribution in [2.24, 2.45) is 11.7 Å². The standard InChI is InChI=1S/C15H22N2O2/c1-15(16,12-5-6-12)14(18)17-10-9-11-3-7-13(19-2)8-4-11/h3-4,7-8,12H,5-6,9-10,16H2,1-2H3,(H,17,18). The first-order valence-electron chi connectivity index (χ1n) is 6.74. The van der Waals surface area contributed by atoms with Gasteiger partial charge in [-0.05, 0) is 49.8 Å². The highest BCUT2D eigenvalue weighted by Crippen LogP contribution is 2.38. The summed E-state index contributed by atoms with van der Waals surface area (Å²) < 4.78 is 5.10. The van der Waals surface area contributed by atoms with E-state index in [4.69, 9.17) is 10.5 Å². The highest BCUT2D eigenvalue weighted by atomic mass is 16.5. The molecule has 3 N–H and O–H groups in total. The second-order valence-corrected chi connectivity index (χ2v) is 5.41. The first kappa shape index (κ1) is 13.9. The Morgan fingerprint density at radius 1 is 1.42 bits per heavy atom. The number of carbonyl (C=O) groups is 1. The van der Waals surface area contributed by atoms with Gasteiger partial charge in [-0.2, -0.15) is 0 Å². The van der Waals surface area contributed by atoms with E-state index in [9.17, 15) is 4.79 Å². The lowest BCUT2D eigenvalue weighted by Crippen LogP contribution is -2.53. The minimum absolute atomic E-state index is 0.0384. The van der Waals surface area contributed by atoms with Crippen molar-refractivity contribution in [3.63, 3.8) is 0 Å². The maximum absolute atomic E-state index is 12.0. The lowest BCUT2D eigenvalue weighted by molar-refractivity contribution is -0.126. The average molecular weight is 262 g/mol. The second kappa shape index (κ2) is 5.61. The van der Waals surface area contributed by atoms with Crippen LogP contribution in [0.4, 0.5) is 0 Å². The van der Waals surface area contributed by atoms with Gasteiger partial charge in [0.25, 0.3) is 0 Å². The molecular formula is C15H22N2O2. The zero-order valence-corrected chi connectivity index (χ0v) is 11.6. The van der Waals surface area contributed by atoms with E-state index in [1.807, 2.05) is 31.2 Å². The lowest BCUT2D eigenvalue weighted by atomic mass is 9.96. The molecule has 1 atom stereocenters. The molecule has 0 radical (unpaired) electrons. The molecule has 1 saturated carbocycles. The topological polar surface area (TPSA) is 64.3 Å². The van der Waals surface area contributed by atoms with Crippen molar-refractivity contribution in [2.75, 3.05) is 13.7 Å². The van der Waals surface area contributed by atoms with Crippen molar-refractivity contribution in [1.29, 1.82) is 0 Å². The van der Waals surface area contributed by atoms with Crippen LogP contribution >= 0.6 is 0 Å². The Hall–Kier alpha value is -1.55. The van der Waals surface area contributed by atoms with Gasteiger partial charge >= 0.3 is 0 Å². The predicted molar refractivity (Wildman–Crippen MR) is 75.0 cm³/mol. The van der Waals surface area contributed by atoms with Crippen LogP contribution in [0.15, 0.2) is 24.3 Å². The summed E-state index contributed by atoms with van der Waals surface area (Å²) in [6, 6.07) is 7.86. The Morgan fingerprint density at radius 3 is 2.58 bits per heavy atom. The molecule has 1 aliphatic rings. The molecule has 4 nitrogen and oxygen atoms in total. The Kier molecular flexibility index (Phi) is 4.10. The highest BCUT2D eigenvalue weighted by Gasteiger charge is 2.43. The number of methoxy groups -OCH3 is 1. The number of nitrogens with one attached hydrogen (secondary N) is 1. The summed E-state index contributed by atoms with van der Waals surface area (Å²) in [6.07, 6.45) is 2.94. The molecule has 1 aliphatic carbocycles. The third kappa shape index (κ3) is 3.47. The van der Waals surface area contributed by atoms with Gasteiger partial charge in [0.2, 0.25) is 5.91 Å². The number of rotatable bonds is 6. The largest absolute Gasteiger partial charge is 0.497 e. The van der Waals surface area contributed by atoms with Crippen LogP contribution in [0, 0.1) is 5.92 Å². The fourth-order valence-corrected chi connectivity index (χ4v) is 2.17. The van der Waals surface area contributed by atoms with Gasteiger partial charge in [-0.25, -0.2) is 0 Å². The average Bonchev–Trinajstić information content (AvgIpc) is 3.24. The van der Waals surface area contributed by atoms with Crippen LogP contribution in [0.3, 0.4) is 0 Å². The molecule has 0 saturated heterocycles. The Bertz CT molecular complexity index is 436. The molecule has 19 heavy (non-hydrogen) atoms. The minimum Gasteiger partial charge on any atom is -0.497 e. The van der Waals surface area contributed by atoms with Gasteiger partial charge in [0.1, 0.15) is 5.75 Å². The van der Waals surface area contributed by atoms with Gasteiger partial charge in [0.05, 0.1) is 12.6 Å². The van der Waals surface area contributed by atoms with E-state index in [-0.39, 0.29) is 5.91 Å². The van der Waals surface area contributed by atoms with Crippen LogP contribution in [-0.2, 0) is 11.2 Å². The quantitative estimate of drug-likeness (QED) is 0.816. The van der Waals surface area contributed by atoms with Crippen molar-refractivity contribution < 1.29 is 9.53 Å². The summed E-state index contributed by atoms with van der Waals surface area (Å²) in [7, 11) is 1.65. The van der Waals surface area contributed by atoms with E-state index in [2.05, 4.69) is 5.32 Å². The van der Waals surface area contributed by atoms with Gasteiger partial charge < -0.3 is 15.8 Å². The molecule has 4 heteroatoms. The molecule has 2 rings (SSSR count). The smallest absolute Gasteiger partial charge is 0.240 e. The summed E-state index contributed by atoms with van der Waals surface area (Å²) in [5, 5.41) is 2.93. The van der Waals surface area contributed by atoms with Crippen molar-refractivity contribution in [3.05, 3.63) is 29.8 Å². The highest BCUT2D eigenvalue weighted by molar-refractivity contribution is 5.86. The zero-order valence-electron chi connectivity index (χ0n) is 11.6. The van der Waals surface area contributed by atoms with Crippen molar-refractivity contribution in [1.82, 2.24) is 5.32 Å². The zero-order chi connectivity index (χ0) is 13.9. The number of hydrogen-bond acceptors (Lipinski definition) is 3. The second-order valence-electron chi connectivity index (χ2n) is 5.41. The van der Waals surface area contributed by atoms with Crippen LogP contribution < -0.4 is 15.8 Å². The van der Waals surface area contributed by atoms with Gasteiger partial charge in [0, 0.05) is 6.54 Å². The van der Waals surface area contributed by atoms with Crippen LogP contribution in [-0.4, -0.2) is 25.1 Å². The summed E-state index contributed by atoms with van der Waals surface area (Å²) in [5.74, 6) is 1.16. The van der Waals surface area contributed by atoms with E-state index in [1.165, 1.54) is 5.56 Å². The summed E-state index contributed by atoms with van der Waals surface area (Å²) in [4.78, 5) is 12.0. The van der Waals surface area contributed by atoms with Crippen molar-refractivity contribution >= 4 is 5.91 Å². The molecule has 1 aromatic rings. The molecule has 0 heterocycles. The number of hydrogen-bond donors (Lipinski definition) is 2. The third-order valence-electron chi connectivity index (χ3n) is 3.77. The predicted octanol–water partition coefficient (Wildman–Crippen LogP) is 1.48. The maximum Gasteiger partial charge on any atom is 0.240 e. The Labute approximate surface area is 114 Å². The van der Waals surface area contributed by atoms with Crippen LogP contribution in [0.1, 0.15) is 25.3 Å². The van der Waals surface area contributed by atoms with Crippen LogP contribution in [0.25, 0.3) is 0 Å². The third-order valence-corrected chi connectivity index (χ3v) is 3.77. The Morgan fingerprint density at radius 2 is 2.05 bits per heavy atom. The van der Waals surface area contributed by atoms with Crippen molar-refractivity contribution in [2.45, 2.75) is 31.7 Å². The number of carbonyl (C=O) groups excluding carboxylic acids is 1. The molecule has 1 aromatic carbocycles. The van der Waals surface area contributed by atoms with E-state index in [0.29, 0.717) is 12.5 Å². The Balaban J connectivity index is 1.77. The summed E-state index contributed by atoms with van der Waals surface area (Å²) >= 11 is 0. The lowest BCUT2D eigenvalue weighted by Gasteiger charge is -2.23. The van der Waals surface area contributed by atoms with Gasteiger partial charge in [-0.1, -0.05) is 12.1 Å². The fourth-order valence-electron chi connectivity index (χ4n) is 2.17. The van der Waals surface area contributed by atoms with E-state index < -0.39 is 5.54 Å². The van der Waals surface area contributed by atoms with E-state index >= 15 is 0 Å². The van der Waals surface area contributed by atoms with Crippen LogP contribution in [0.2, 0.25) is 0 Å². The molecule has 0 aromatic heterocycles. The molecule has 0 aliphatic heterocycles. The normalized spacial score (nSPS) is 17.6. The molecule has 104 valence electrons. The SMILES string of the molecule is COc1ccc(CCNC(=O)C(C)(N)C2CC2)cc1. The monoisotopic (exact) mass is 262 g/mol. The molecule has 0 bridgehead atoms. The van der Waals surface area contributed by atoms with Crippen LogP contribution in [0.5, 0.6) is 5.75 Å². The number of benzene rings is 1. The number of amides is 1. The minimum atomic E-state index is -0.708. The van der Waals surface area contributed by atoms with Gasteiger partial charge in [-0.3, -0.25) is 4.79 Å². The molecule has 1 unspecified atom stereocenters. The molecule has 0 spiro atoms. The first-order chi connectivity index (χ1) is 9.04. The van der Waals surface area contributed by atoms with Crippen molar-refractivity contribution in [3.8, 4) is 5.75 Å². The van der Waals surface area contributed by atoms with E-state index in [0.717, 1.165) is 25.0 Å². The molecule has 1 amide bonds. The molecule has 1 fully saturated rings. The number of ether oxygens (including phenoxy) is 1. The number of nitrogens with two attached hydrogens (primary N) is 1. The fraction of sp³-hybridized carbons (Fsp3) is 0.533.